The highest BCUT2D eigenvalue weighted by Crippen LogP contribution is 2.25. The molecular formula is C12H12FN3O2. The number of aromatic carboxylic acids is 1. The molecule has 1 aromatic heterocycles. The summed E-state index contributed by atoms with van der Waals surface area (Å²) in [6.45, 7) is 2.41. The Hall–Kier alpha value is -2.24. The second kappa shape index (κ2) is 4.95. The van der Waals surface area contributed by atoms with Gasteiger partial charge in [0.2, 0.25) is 0 Å². The molecule has 1 aromatic carbocycles. The van der Waals surface area contributed by atoms with Gasteiger partial charge in [0.1, 0.15) is 11.5 Å². The van der Waals surface area contributed by atoms with Crippen LogP contribution in [0.5, 0.6) is 0 Å². The third kappa shape index (κ3) is 2.09. The molecule has 1 heterocycles. The molecule has 0 aliphatic heterocycles. The summed E-state index contributed by atoms with van der Waals surface area (Å²) < 4.78 is 15.2. The van der Waals surface area contributed by atoms with Gasteiger partial charge >= 0.3 is 5.97 Å². The summed E-state index contributed by atoms with van der Waals surface area (Å²) in [6.07, 6.45) is 0.754. The smallest absolute Gasteiger partial charge is 0.358 e. The van der Waals surface area contributed by atoms with E-state index in [1.807, 2.05) is 6.92 Å². The van der Waals surface area contributed by atoms with Crippen LogP contribution in [0.4, 0.5) is 4.39 Å². The predicted octanol–water partition coefficient (Wildman–Crippen LogP) is 2.19. The average Bonchev–Trinajstić information content (AvgIpc) is 2.74. The van der Waals surface area contributed by atoms with Crippen LogP contribution in [0.15, 0.2) is 24.3 Å². The van der Waals surface area contributed by atoms with E-state index >= 15 is 0 Å². The second-order valence-corrected chi connectivity index (χ2v) is 3.79. The molecule has 5 nitrogen and oxygen atoms in total. The number of aromatic nitrogens is 3. The lowest BCUT2D eigenvalue weighted by atomic mass is 10.1. The molecule has 18 heavy (non-hydrogen) atoms. The standard InChI is InChI=1S/C12H12FN3O2/c1-2-7-16-11(10(12(17)18)14-15-16)8-5-3-4-6-9(8)13/h3-6H,2,7H2,1H3,(H,17,18). The molecule has 0 unspecified atom stereocenters. The van der Waals surface area contributed by atoms with Crippen molar-refractivity contribution in [3.8, 4) is 11.3 Å². The van der Waals surface area contributed by atoms with Crippen molar-refractivity contribution in [3.05, 3.63) is 35.8 Å². The number of nitrogens with zero attached hydrogens (tertiary/aromatic N) is 3. The van der Waals surface area contributed by atoms with E-state index in [4.69, 9.17) is 5.11 Å². The summed E-state index contributed by atoms with van der Waals surface area (Å²) in [5.74, 6) is -1.70. The minimum Gasteiger partial charge on any atom is -0.476 e. The summed E-state index contributed by atoms with van der Waals surface area (Å²) in [6, 6.07) is 6.00. The summed E-state index contributed by atoms with van der Waals surface area (Å²) in [5, 5.41) is 16.4. The van der Waals surface area contributed by atoms with Gasteiger partial charge in [-0.15, -0.1) is 5.10 Å². The molecule has 0 spiro atoms. The Morgan fingerprint density at radius 3 is 2.78 bits per heavy atom. The maximum Gasteiger partial charge on any atom is 0.358 e. The van der Waals surface area contributed by atoms with Crippen LogP contribution in [-0.4, -0.2) is 26.1 Å². The van der Waals surface area contributed by atoms with Crippen molar-refractivity contribution < 1.29 is 14.3 Å². The molecule has 0 saturated carbocycles. The van der Waals surface area contributed by atoms with Crippen molar-refractivity contribution in [1.29, 1.82) is 0 Å². The van der Waals surface area contributed by atoms with Crippen molar-refractivity contribution in [2.75, 3.05) is 0 Å². The number of hydrogen-bond acceptors (Lipinski definition) is 3. The van der Waals surface area contributed by atoms with Crippen LogP contribution in [0, 0.1) is 5.82 Å². The van der Waals surface area contributed by atoms with Gasteiger partial charge in [0.05, 0.1) is 0 Å². The summed E-state index contributed by atoms with van der Waals surface area (Å²) in [7, 11) is 0. The number of carboxylic acids is 1. The van der Waals surface area contributed by atoms with Gasteiger partial charge in [-0.3, -0.25) is 0 Å². The third-order valence-corrected chi connectivity index (χ3v) is 2.50. The summed E-state index contributed by atoms with van der Waals surface area (Å²) in [4.78, 5) is 11.1. The molecule has 0 atom stereocenters. The van der Waals surface area contributed by atoms with Crippen molar-refractivity contribution in [3.63, 3.8) is 0 Å². The van der Waals surface area contributed by atoms with E-state index in [2.05, 4.69) is 10.3 Å². The molecule has 0 radical (unpaired) electrons. The van der Waals surface area contributed by atoms with Gasteiger partial charge in [-0.05, 0) is 18.6 Å². The Kier molecular flexibility index (Phi) is 3.36. The average molecular weight is 249 g/mol. The lowest BCUT2D eigenvalue weighted by molar-refractivity contribution is 0.0691. The lowest BCUT2D eigenvalue weighted by Crippen LogP contribution is -2.05. The maximum absolute atomic E-state index is 13.8. The van der Waals surface area contributed by atoms with Crippen molar-refractivity contribution in [2.45, 2.75) is 19.9 Å². The SMILES string of the molecule is CCCn1nnc(C(=O)O)c1-c1ccccc1F. The Balaban J connectivity index is 2.63. The van der Waals surface area contributed by atoms with Gasteiger partial charge < -0.3 is 5.11 Å². The normalized spacial score (nSPS) is 10.6. The van der Waals surface area contributed by atoms with Crippen LogP contribution in [0.25, 0.3) is 11.3 Å². The topological polar surface area (TPSA) is 68.0 Å². The maximum atomic E-state index is 13.8. The Morgan fingerprint density at radius 2 is 2.17 bits per heavy atom. The summed E-state index contributed by atoms with van der Waals surface area (Å²) in [5.41, 5.74) is 0.185. The van der Waals surface area contributed by atoms with E-state index in [0.717, 1.165) is 6.42 Å². The van der Waals surface area contributed by atoms with Gasteiger partial charge in [0, 0.05) is 12.1 Å². The molecule has 2 aromatic rings. The highest BCUT2D eigenvalue weighted by Gasteiger charge is 2.22. The fourth-order valence-corrected chi connectivity index (χ4v) is 1.75. The number of carboxylic acid groups (broad SMARTS) is 1. The monoisotopic (exact) mass is 249 g/mol. The zero-order valence-electron chi connectivity index (χ0n) is 9.80. The molecule has 2 rings (SSSR count). The first kappa shape index (κ1) is 12.2. The third-order valence-electron chi connectivity index (χ3n) is 2.50. The molecule has 0 bridgehead atoms. The van der Waals surface area contributed by atoms with Gasteiger partial charge in [-0.1, -0.05) is 24.3 Å². The van der Waals surface area contributed by atoms with E-state index in [9.17, 15) is 9.18 Å². The first-order valence-electron chi connectivity index (χ1n) is 5.56. The summed E-state index contributed by atoms with van der Waals surface area (Å²) >= 11 is 0. The predicted molar refractivity (Wildman–Crippen MR) is 62.7 cm³/mol. The molecule has 1 N–H and O–H groups in total. The van der Waals surface area contributed by atoms with Crippen LogP contribution in [0.3, 0.4) is 0 Å². The number of rotatable bonds is 4. The van der Waals surface area contributed by atoms with E-state index in [-0.39, 0.29) is 17.0 Å². The van der Waals surface area contributed by atoms with E-state index < -0.39 is 11.8 Å². The molecule has 94 valence electrons. The van der Waals surface area contributed by atoms with Crippen molar-refractivity contribution in [1.82, 2.24) is 15.0 Å². The molecule has 0 aliphatic carbocycles. The minimum atomic E-state index is -1.21. The van der Waals surface area contributed by atoms with E-state index in [0.29, 0.717) is 6.54 Å². The highest BCUT2D eigenvalue weighted by atomic mass is 19.1. The molecular weight excluding hydrogens is 237 g/mol. The zero-order chi connectivity index (χ0) is 13.1. The first-order chi connectivity index (χ1) is 8.65. The molecule has 0 aliphatic rings. The van der Waals surface area contributed by atoms with Gasteiger partial charge in [0.15, 0.2) is 5.69 Å². The van der Waals surface area contributed by atoms with E-state index in [1.165, 1.54) is 16.8 Å². The molecule has 0 saturated heterocycles. The Bertz CT molecular complexity index is 580. The van der Waals surface area contributed by atoms with Gasteiger partial charge in [-0.2, -0.15) is 0 Å². The van der Waals surface area contributed by atoms with Crippen LogP contribution in [0.1, 0.15) is 23.8 Å². The number of aryl methyl sites for hydroxylation is 1. The van der Waals surface area contributed by atoms with Crippen molar-refractivity contribution >= 4 is 5.97 Å². The zero-order valence-corrected chi connectivity index (χ0v) is 9.80. The van der Waals surface area contributed by atoms with Crippen LogP contribution < -0.4 is 0 Å². The van der Waals surface area contributed by atoms with Crippen LogP contribution in [0.2, 0.25) is 0 Å². The molecule has 6 heteroatoms. The number of halogens is 1. The number of benzene rings is 1. The van der Waals surface area contributed by atoms with Crippen LogP contribution in [-0.2, 0) is 6.54 Å². The Morgan fingerprint density at radius 1 is 1.44 bits per heavy atom. The lowest BCUT2D eigenvalue weighted by Gasteiger charge is -2.06. The fraction of sp³-hybridized carbons (Fsp3) is 0.250. The second-order valence-electron chi connectivity index (χ2n) is 3.79. The van der Waals surface area contributed by atoms with Gasteiger partial charge in [0.25, 0.3) is 0 Å². The minimum absolute atomic E-state index is 0.202. The first-order valence-corrected chi connectivity index (χ1v) is 5.56. The van der Waals surface area contributed by atoms with Crippen molar-refractivity contribution in [2.24, 2.45) is 0 Å². The highest BCUT2D eigenvalue weighted by molar-refractivity contribution is 5.92. The number of carbonyl (C=O) groups is 1. The molecule has 0 fully saturated rings. The fourth-order valence-electron chi connectivity index (χ4n) is 1.75. The molecule has 0 amide bonds. The number of hydrogen-bond donors (Lipinski definition) is 1. The Labute approximate surface area is 103 Å². The largest absolute Gasteiger partial charge is 0.476 e. The quantitative estimate of drug-likeness (QED) is 0.901. The van der Waals surface area contributed by atoms with E-state index in [1.54, 1.807) is 12.1 Å². The van der Waals surface area contributed by atoms with Gasteiger partial charge in [-0.25, -0.2) is 13.9 Å². The van der Waals surface area contributed by atoms with Crippen LogP contribution >= 0.6 is 0 Å².